The Morgan fingerprint density at radius 3 is 2.82 bits per heavy atom. The molecule has 0 spiro atoms. The van der Waals surface area contributed by atoms with Crippen LogP contribution in [0.3, 0.4) is 0 Å². The molecule has 0 aliphatic carbocycles. The van der Waals surface area contributed by atoms with E-state index in [-0.39, 0.29) is 12.5 Å². The molecule has 6 heteroatoms. The molecule has 0 atom stereocenters. The van der Waals surface area contributed by atoms with E-state index in [0.717, 1.165) is 22.9 Å². The molecule has 0 saturated carbocycles. The second-order valence-electron chi connectivity index (χ2n) is 5.65. The fourth-order valence-corrected chi connectivity index (χ4v) is 3.94. The van der Waals surface area contributed by atoms with Gasteiger partial charge in [0.05, 0.1) is 5.69 Å². The van der Waals surface area contributed by atoms with E-state index in [1.54, 1.807) is 23.5 Å². The third-order valence-electron chi connectivity index (χ3n) is 4.20. The van der Waals surface area contributed by atoms with Gasteiger partial charge in [-0.2, -0.15) is 0 Å². The van der Waals surface area contributed by atoms with Gasteiger partial charge in [-0.3, -0.25) is 0 Å². The Labute approximate surface area is 132 Å². The summed E-state index contributed by atoms with van der Waals surface area (Å²) in [5, 5.41) is 28.4. The summed E-state index contributed by atoms with van der Waals surface area (Å²) in [5.74, 6) is 3.01. The van der Waals surface area contributed by atoms with Gasteiger partial charge in [0.25, 0.3) is 6.71 Å². The third kappa shape index (κ3) is 2.14. The Kier molecular flexibility index (Phi) is 3.09. The second-order valence-corrected chi connectivity index (χ2v) is 6.71. The van der Waals surface area contributed by atoms with Crippen LogP contribution in [-0.2, 0) is 0 Å². The van der Waals surface area contributed by atoms with Crippen molar-refractivity contribution in [2.24, 2.45) is 0 Å². The lowest BCUT2D eigenvalue weighted by Gasteiger charge is -2.26. The number of hydrogen-bond acceptors (Lipinski definition) is 5. The number of thiophene rings is 1. The Hall–Kier alpha value is -2.39. The van der Waals surface area contributed by atoms with E-state index < -0.39 is 0 Å². The molecule has 3 aromatic rings. The minimum Gasteiger partial charge on any atom is -0.507 e. The van der Waals surface area contributed by atoms with Crippen molar-refractivity contribution >= 4 is 28.3 Å². The van der Waals surface area contributed by atoms with E-state index in [0.29, 0.717) is 17.2 Å². The number of rotatable bonds is 2. The fourth-order valence-electron chi connectivity index (χ4n) is 2.85. The molecule has 0 unspecified atom stereocenters. The zero-order valence-corrected chi connectivity index (χ0v) is 12.5. The maximum Gasteiger partial charge on any atom is 0.269 e. The predicted molar refractivity (Wildman–Crippen MR) is 88.2 cm³/mol. The topological polar surface area (TPSA) is 69.8 Å². The van der Waals surface area contributed by atoms with Crippen LogP contribution in [0.2, 0.25) is 12.6 Å². The van der Waals surface area contributed by atoms with Gasteiger partial charge in [-0.25, -0.2) is 5.26 Å². The molecular weight excluding hydrogens is 293 g/mol. The van der Waals surface area contributed by atoms with E-state index >= 15 is 0 Å². The summed E-state index contributed by atoms with van der Waals surface area (Å²) in [6.45, 7) is 0.207. The number of phenolic OH excluding ortho intramolecular Hbond substituents is 1. The number of para-hydroxylation sites is 1. The summed E-state index contributed by atoms with van der Waals surface area (Å²) >= 11 is 1.66. The van der Waals surface area contributed by atoms with Gasteiger partial charge in [0.15, 0.2) is 0 Å². The average molecular weight is 305 g/mol. The summed E-state index contributed by atoms with van der Waals surface area (Å²) < 4.78 is 0. The molecule has 1 aliphatic rings. The smallest absolute Gasteiger partial charge is 0.269 e. The summed E-state index contributed by atoms with van der Waals surface area (Å²) in [7, 11) is 0. The number of nitriles is 1. The number of aromatic nitrogens is 2. The number of hydrogen-bond donors (Lipinski definition) is 1. The molecule has 1 aromatic carbocycles. The maximum absolute atomic E-state index is 9.94. The lowest BCUT2D eigenvalue weighted by atomic mass is 9.32. The molecule has 106 valence electrons. The molecule has 0 bridgehead atoms. The molecular formula is C16H12BN3OS. The van der Waals surface area contributed by atoms with Gasteiger partial charge >= 0.3 is 0 Å². The SMILES string of the molecule is N#CB1CC(c2cc3cc(-c4ccccc4O)nnc3s2)C1. The van der Waals surface area contributed by atoms with E-state index in [4.69, 9.17) is 5.26 Å². The first kappa shape index (κ1) is 13.3. The van der Waals surface area contributed by atoms with Crippen LogP contribution in [0.25, 0.3) is 21.5 Å². The highest BCUT2D eigenvalue weighted by Gasteiger charge is 2.35. The average Bonchev–Trinajstić information content (AvgIpc) is 2.89. The Morgan fingerprint density at radius 1 is 1.23 bits per heavy atom. The van der Waals surface area contributed by atoms with Gasteiger partial charge in [-0.1, -0.05) is 24.8 Å². The van der Waals surface area contributed by atoms with Crippen molar-refractivity contribution in [2.45, 2.75) is 18.6 Å². The van der Waals surface area contributed by atoms with Crippen LogP contribution in [0.15, 0.2) is 36.4 Å². The minimum atomic E-state index is 0.207. The largest absolute Gasteiger partial charge is 0.507 e. The maximum atomic E-state index is 9.94. The third-order valence-corrected chi connectivity index (χ3v) is 5.40. The molecule has 1 saturated heterocycles. The molecule has 1 aliphatic heterocycles. The van der Waals surface area contributed by atoms with Gasteiger partial charge in [0, 0.05) is 21.8 Å². The predicted octanol–water partition coefficient (Wildman–Crippen LogP) is 3.72. The quantitative estimate of drug-likeness (QED) is 0.733. The first-order valence-electron chi connectivity index (χ1n) is 7.20. The summed E-state index contributed by atoms with van der Waals surface area (Å²) in [6.07, 6.45) is 1.90. The van der Waals surface area contributed by atoms with Crippen molar-refractivity contribution in [3.8, 4) is 23.0 Å². The van der Waals surface area contributed by atoms with Crippen LogP contribution in [0.5, 0.6) is 5.75 Å². The van der Waals surface area contributed by atoms with Crippen LogP contribution in [0, 0.1) is 11.2 Å². The molecule has 4 nitrogen and oxygen atoms in total. The van der Waals surface area contributed by atoms with E-state index in [1.165, 1.54) is 4.88 Å². The van der Waals surface area contributed by atoms with Crippen molar-refractivity contribution in [2.75, 3.05) is 0 Å². The molecule has 2 aromatic heterocycles. The zero-order chi connectivity index (χ0) is 15.1. The van der Waals surface area contributed by atoms with Crippen molar-refractivity contribution in [3.05, 3.63) is 41.3 Å². The Balaban J connectivity index is 1.70. The summed E-state index contributed by atoms with van der Waals surface area (Å²) in [5.41, 5.74) is 1.37. The molecule has 22 heavy (non-hydrogen) atoms. The van der Waals surface area contributed by atoms with Crippen LogP contribution in [0.4, 0.5) is 0 Å². The monoisotopic (exact) mass is 305 g/mol. The van der Waals surface area contributed by atoms with Crippen LogP contribution >= 0.6 is 11.3 Å². The van der Waals surface area contributed by atoms with Crippen LogP contribution in [-0.4, -0.2) is 22.0 Å². The van der Waals surface area contributed by atoms with Crippen molar-refractivity contribution in [3.63, 3.8) is 0 Å². The van der Waals surface area contributed by atoms with Crippen LogP contribution in [0.1, 0.15) is 10.8 Å². The second kappa shape index (κ2) is 5.11. The molecule has 1 N–H and O–H groups in total. The van der Waals surface area contributed by atoms with Crippen molar-refractivity contribution in [1.82, 2.24) is 10.2 Å². The fraction of sp³-hybridized carbons (Fsp3) is 0.188. The van der Waals surface area contributed by atoms with E-state index in [9.17, 15) is 5.11 Å². The number of phenols is 1. The van der Waals surface area contributed by atoms with E-state index in [2.05, 4.69) is 22.2 Å². The summed E-state index contributed by atoms with van der Waals surface area (Å²) in [4.78, 5) is 2.19. The molecule has 3 heterocycles. The molecule has 0 amide bonds. The summed E-state index contributed by atoms with van der Waals surface area (Å²) in [6, 6.07) is 11.3. The van der Waals surface area contributed by atoms with Gasteiger partial charge < -0.3 is 5.11 Å². The van der Waals surface area contributed by atoms with Crippen molar-refractivity contribution in [1.29, 1.82) is 5.26 Å². The standard InChI is InChI=1S/C16H12BN3OS/c18-9-17-7-11(8-17)15-6-10-5-13(19-20-16(10)22-15)12-3-1-2-4-14(12)21/h1-6,11,21H,7-8H2. The molecule has 4 rings (SSSR count). The number of benzene rings is 1. The van der Waals surface area contributed by atoms with Gasteiger partial charge in [-0.05, 0) is 30.2 Å². The highest BCUT2D eigenvalue weighted by atomic mass is 32.1. The molecule has 0 radical (unpaired) electrons. The van der Waals surface area contributed by atoms with Gasteiger partial charge in [0.2, 0.25) is 0 Å². The normalized spacial score (nSPS) is 14.8. The van der Waals surface area contributed by atoms with Gasteiger partial charge in [-0.15, -0.1) is 21.5 Å². The Bertz CT molecular complexity index is 896. The Morgan fingerprint density at radius 2 is 2.05 bits per heavy atom. The highest BCUT2D eigenvalue weighted by Crippen LogP contribution is 2.42. The van der Waals surface area contributed by atoms with Crippen molar-refractivity contribution < 1.29 is 5.11 Å². The first-order chi connectivity index (χ1) is 10.7. The highest BCUT2D eigenvalue weighted by molar-refractivity contribution is 7.18. The van der Waals surface area contributed by atoms with Crippen LogP contribution < -0.4 is 0 Å². The zero-order valence-electron chi connectivity index (χ0n) is 11.7. The lowest BCUT2D eigenvalue weighted by molar-refractivity contribution is 0.477. The minimum absolute atomic E-state index is 0.207. The number of aromatic hydroxyl groups is 1. The molecule has 1 fully saturated rings. The van der Waals surface area contributed by atoms with E-state index in [1.807, 2.05) is 18.2 Å². The lowest BCUT2D eigenvalue weighted by Crippen LogP contribution is -2.27. The van der Waals surface area contributed by atoms with Gasteiger partial charge in [0.1, 0.15) is 10.6 Å². The number of fused-ring (bicyclic) bond motifs is 1. The first-order valence-corrected chi connectivity index (χ1v) is 8.01. The number of nitrogens with zero attached hydrogens (tertiary/aromatic N) is 3.